The number of carbonyl (C=O) groups is 1. The number of nitrogens with zero attached hydrogens (tertiary/aromatic N) is 1. The van der Waals surface area contributed by atoms with Crippen molar-refractivity contribution >= 4 is 11.8 Å². The summed E-state index contributed by atoms with van der Waals surface area (Å²) in [7, 11) is 3.04. The average Bonchev–Trinajstić information content (AvgIpc) is 3.07. The Morgan fingerprint density at radius 1 is 1.21 bits per heavy atom. The molecule has 0 fully saturated rings. The minimum Gasteiger partial charge on any atom is -0.497 e. The Balaban J connectivity index is 2.05. The highest BCUT2D eigenvalue weighted by molar-refractivity contribution is 5.97. The molecule has 0 amide bonds. The minimum absolute atomic E-state index is 0.0489. The lowest BCUT2D eigenvalue weighted by molar-refractivity contribution is -0.136. The number of anilines is 1. The smallest absolute Gasteiger partial charge is 0.337 e. The number of hydrogen-bond acceptors (Lipinski definition) is 7. The molecule has 9 nitrogen and oxygen atoms in total. The number of cyclic esters (lactones) is 1. The zero-order chi connectivity index (χ0) is 20.0. The number of fused-ring (bicyclic) bond motifs is 1. The van der Waals surface area contributed by atoms with Gasteiger partial charge in [0.2, 0.25) is 0 Å². The first-order valence-corrected chi connectivity index (χ1v) is 8.76. The van der Waals surface area contributed by atoms with Crippen LogP contribution in [0.25, 0.3) is 0 Å². The van der Waals surface area contributed by atoms with Crippen LogP contribution in [0.15, 0.2) is 39.1 Å². The summed E-state index contributed by atoms with van der Waals surface area (Å²) in [5.74, 6) is 0.132. The van der Waals surface area contributed by atoms with Crippen LogP contribution in [-0.4, -0.2) is 36.3 Å². The summed E-state index contributed by atoms with van der Waals surface area (Å²) in [5.41, 5.74) is 0.655. The van der Waals surface area contributed by atoms with Gasteiger partial charge in [-0.05, 0) is 13.0 Å². The van der Waals surface area contributed by atoms with Crippen molar-refractivity contribution < 1.29 is 19.0 Å². The van der Waals surface area contributed by atoms with Gasteiger partial charge in [0.15, 0.2) is 0 Å². The second-order valence-corrected chi connectivity index (χ2v) is 6.40. The monoisotopic (exact) mass is 385 g/mol. The second-order valence-electron chi connectivity index (χ2n) is 6.40. The Labute approximate surface area is 159 Å². The zero-order valence-electron chi connectivity index (χ0n) is 15.6. The predicted octanol–water partition coefficient (Wildman–Crippen LogP) is 0.942. The van der Waals surface area contributed by atoms with E-state index in [0.29, 0.717) is 40.7 Å². The number of H-pyrrole nitrogens is 1. The first kappa shape index (κ1) is 17.9. The Morgan fingerprint density at radius 3 is 2.68 bits per heavy atom. The first-order valence-electron chi connectivity index (χ1n) is 8.76. The molecule has 1 atom stereocenters. The van der Waals surface area contributed by atoms with Gasteiger partial charge in [-0.3, -0.25) is 14.3 Å². The van der Waals surface area contributed by atoms with E-state index in [2.05, 4.69) is 10.3 Å². The van der Waals surface area contributed by atoms with Crippen LogP contribution in [0, 0.1) is 0 Å². The molecule has 0 bridgehead atoms. The van der Waals surface area contributed by atoms with Crippen LogP contribution >= 0.6 is 0 Å². The van der Waals surface area contributed by atoms with Gasteiger partial charge in [0.1, 0.15) is 23.9 Å². The third-order valence-corrected chi connectivity index (χ3v) is 5.04. The summed E-state index contributed by atoms with van der Waals surface area (Å²) in [5, 5.41) is 3.06. The second kappa shape index (κ2) is 6.59. The predicted molar refractivity (Wildman–Crippen MR) is 100.0 cm³/mol. The van der Waals surface area contributed by atoms with E-state index >= 15 is 0 Å². The van der Waals surface area contributed by atoms with E-state index in [9.17, 15) is 14.4 Å². The van der Waals surface area contributed by atoms with E-state index in [-0.39, 0.29) is 12.2 Å². The number of ether oxygens (including phenoxy) is 3. The maximum Gasteiger partial charge on any atom is 0.337 e. The number of esters is 1. The van der Waals surface area contributed by atoms with Crippen LogP contribution in [0.1, 0.15) is 24.0 Å². The molecule has 0 spiro atoms. The Hall–Kier alpha value is -3.49. The van der Waals surface area contributed by atoms with Crippen molar-refractivity contribution in [1.82, 2.24) is 9.55 Å². The molecule has 2 aromatic rings. The van der Waals surface area contributed by atoms with Gasteiger partial charge in [0.05, 0.1) is 37.0 Å². The third kappa shape index (κ3) is 2.50. The van der Waals surface area contributed by atoms with Crippen molar-refractivity contribution in [1.29, 1.82) is 0 Å². The first-order chi connectivity index (χ1) is 13.5. The summed E-state index contributed by atoms with van der Waals surface area (Å²) in [6.07, 6.45) is 0. The van der Waals surface area contributed by atoms with Crippen molar-refractivity contribution in [3.05, 3.63) is 61.4 Å². The molecule has 9 heteroatoms. The summed E-state index contributed by atoms with van der Waals surface area (Å²) in [6.45, 7) is 2.19. The number of benzene rings is 1. The number of carbonyl (C=O) groups excluding carboxylic acids is 1. The molecule has 2 N–H and O–H groups in total. The highest BCUT2D eigenvalue weighted by Gasteiger charge is 2.42. The molecule has 0 aliphatic carbocycles. The van der Waals surface area contributed by atoms with E-state index in [4.69, 9.17) is 14.2 Å². The normalized spacial score (nSPS) is 17.5. The lowest BCUT2D eigenvalue weighted by Crippen LogP contribution is -2.38. The molecule has 2 aliphatic rings. The van der Waals surface area contributed by atoms with Gasteiger partial charge in [-0.2, -0.15) is 0 Å². The maximum atomic E-state index is 12.8. The van der Waals surface area contributed by atoms with E-state index < -0.39 is 23.1 Å². The van der Waals surface area contributed by atoms with Crippen molar-refractivity contribution in [3.8, 4) is 11.5 Å². The molecule has 4 rings (SSSR count). The fourth-order valence-electron chi connectivity index (χ4n) is 3.76. The largest absolute Gasteiger partial charge is 0.497 e. The lowest BCUT2D eigenvalue weighted by atomic mass is 9.82. The summed E-state index contributed by atoms with van der Waals surface area (Å²) >= 11 is 0. The van der Waals surface area contributed by atoms with Crippen LogP contribution in [0.4, 0.5) is 5.82 Å². The third-order valence-electron chi connectivity index (χ3n) is 5.04. The molecule has 1 aromatic heterocycles. The minimum atomic E-state index is -0.746. The number of methoxy groups -OCH3 is 2. The number of aromatic nitrogens is 2. The zero-order valence-corrected chi connectivity index (χ0v) is 15.6. The number of aromatic amines is 1. The van der Waals surface area contributed by atoms with Crippen LogP contribution < -0.4 is 26.0 Å². The van der Waals surface area contributed by atoms with Crippen LogP contribution in [0.5, 0.6) is 11.5 Å². The Kier molecular flexibility index (Phi) is 4.21. The van der Waals surface area contributed by atoms with Gasteiger partial charge in [-0.1, -0.05) is 6.07 Å². The van der Waals surface area contributed by atoms with Crippen molar-refractivity contribution in [2.75, 3.05) is 26.1 Å². The molecular formula is C19H19N3O6. The number of hydrogen-bond donors (Lipinski definition) is 2. The van der Waals surface area contributed by atoms with Gasteiger partial charge in [0.25, 0.3) is 5.56 Å². The van der Waals surface area contributed by atoms with Gasteiger partial charge in [-0.25, -0.2) is 9.59 Å². The summed E-state index contributed by atoms with van der Waals surface area (Å²) < 4.78 is 17.4. The van der Waals surface area contributed by atoms with Crippen LogP contribution in [0.3, 0.4) is 0 Å². The molecule has 0 unspecified atom stereocenters. The number of rotatable bonds is 4. The highest BCUT2D eigenvalue weighted by Crippen LogP contribution is 2.45. The van der Waals surface area contributed by atoms with E-state index in [1.807, 2.05) is 0 Å². The van der Waals surface area contributed by atoms with E-state index in [1.54, 1.807) is 25.1 Å². The fraction of sp³-hybridized carbons (Fsp3) is 0.316. The molecule has 0 saturated carbocycles. The summed E-state index contributed by atoms with van der Waals surface area (Å²) in [4.78, 5) is 39.9. The topological polar surface area (TPSA) is 112 Å². The van der Waals surface area contributed by atoms with Crippen LogP contribution in [0.2, 0.25) is 0 Å². The van der Waals surface area contributed by atoms with Crippen LogP contribution in [-0.2, 0) is 16.1 Å². The lowest BCUT2D eigenvalue weighted by Gasteiger charge is -2.28. The van der Waals surface area contributed by atoms with Crippen molar-refractivity contribution in [3.63, 3.8) is 0 Å². The van der Waals surface area contributed by atoms with Crippen molar-refractivity contribution in [2.45, 2.75) is 19.4 Å². The Bertz CT molecular complexity index is 1130. The highest BCUT2D eigenvalue weighted by atomic mass is 16.5. The number of nitrogens with one attached hydrogen (secondary N) is 2. The average molecular weight is 385 g/mol. The van der Waals surface area contributed by atoms with Gasteiger partial charge in [-0.15, -0.1) is 0 Å². The summed E-state index contributed by atoms with van der Waals surface area (Å²) in [6, 6.07) is 5.15. The van der Waals surface area contributed by atoms with Gasteiger partial charge in [0, 0.05) is 18.2 Å². The molecule has 146 valence electrons. The molecule has 0 saturated heterocycles. The molecule has 2 aliphatic heterocycles. The van der Waals surface area contributed by atoms with Gasteiger partial charge >= 0.3 is 11.7 Å². The van der Waals surface area contributed by atoms with E-state index in [1.165, 1.54) is 18.8 Å². The van der Waals surface area contributed by atoms with Gasteiger partial charge < -0.3 is 19.5 Å². The molecule has 1 aromatic carbocycles. The molecule has 28 heavy (non-hydrogen) atoms. The van der Waals surface area contributed by atoms with E-state index in [0.717, 1.165) is 0 Å². The standard InChI is InChI=1S/C19H19N3O6/c1-4-22-16-15(17(23)21-19(22)25)13(14-11(20-16)8-28-18(14)24)10-6-5-9(26-2)7-12(10)27-3/h5-7,13,20H,4,8H2,1-3H3,(H,21,23,25)/t13-/m0/s1. The molecular weight excluding hydrogens is 366 g/mol. The molecule has 3 heterocycles. The molecule has 0 radical (unpaired) electrons. The SMILES string of the molecule is CCn1c2c(c(=O)[nH]c1=O)[C@@H](c1ccc(OC)cc1OC)C1=C(COC1=O)N2. The van der Waals surface area contributed by atoms with Crippen molar-refractivity contribution in [2.24, 2.45) is 0 Å². The maximum absolute atomic E-state index is 12.8. The Morgan fingerprint density at radius 2 is 2.00 bits per heavy atom. The quantitative estimate of drug-likeness (QED) is 0.754. The fourth-order valence-corrected chi connectivity index (χ4v) is 3.76.